The molecule has 21 heavy (non-hydrogen) atoms. The average molecular weight is 311 g/mol. The number of aliphatic hydroxyl groups is 1. The molecule has 4 nitrogen and oxygen atoms in total. The second kappa shape index (κ2) is 6.03. The van der Waals surface area contributed by atoms with Crippen molar-refractivity contribution in [2.24, 2.45) is 5.92 Å². The second-order valence-electron chi connectivity index (χ2n) is 5.20. The van der Waals surface area contributed by atoms with Gasteiger partial charge in [-0.05, 0) is 30.9 Å². The van der Waals surface area contributed by atoms with Crippen LogP contribution in [0, 0.1) is 17.6 Å². The summed E-state index contributed by atoms with van der Waals surface area (Å²) in [6, 6.07) is 3.27. The van der Waals surface area contributed by atoms with Gasteiger partial charge in [0.25, 0.3) is 0 Å². The van der Waals surface area contributed by atoms with Crippen LogP contribution in [0.25, 0.3) is 11.4 Å². The third-order valence-corrected chi connectivity index (χ3v) is 4.36. The van der Waals surface area contributed by atoms with Gasteiger partial charge in [-0.3, -0.25) is 0 Å². The van der Waals surface area contributed by atoms with Crippen molar-refractivity contribution < 1.29 is 13.9 Å². The van der Waals surface area contributed by atoms with Crippen LogP contribution < -0.4 is 4.90 Å². The number of aliphatic hydroxyl groups excluding tert-OH is 1. The maximum atomic E-state index is 13.2. The molecule has 0 bridgehead atoms. The van der Waals surface area contributed by atoms with Gasteiger partial charge >= 0.3 is 0 Å². The number of hydrogen-bond acceptors (Lipinski definition) is 5. The lowest BCUT2D eigenvalue weighted by Gasteiger charge is -2.31. The van der Waals surface area contributed by atoms with Crippen molar-refractivity contribution in [2.45, 2.75) is 12.8 Å². The SMILES string of the molecule is OC[C@@H]1CCCN(c2nc(-c3cc(F)cc(F)c3)ns2)C1. The molecule has 0 radical (unpaired) electrons. The molecule has 0 unspecified atom stereocenters. The van der Waals surface area contributed by atoms with Gasteiger partial charge in [0.05, 0.1) is 0 Å². The van der Waals surface area contributed by atoms with Gasteiger partial charge < -0.3 is 10.0 Å². The Labute approximate surface area is 125 Å². The number of halogens is 2. The molecular weight excluding hydrogens is 296 g/mol. The van der Waals surface area contributed by atoms with Gasteiger partial charge in [-0.25, -0.2) is 8.78 Å². The zero-order chi connectivity index (χ0) is 14.8. The first-order chi connectivity index (χ1) is 10.2. The Morgan fingerprint density at radius 3 is 2.76 bits per heavy atom. The Bertz CT molecular complexity index is 614. The largest absolute Gasteiger partial charge is 0.396 e. The van der Waals surface area contributed by atoms with Crippen LogP contribution in [0.1, 0.15) is 12.8 Å². The molecule has 1 aliphatic heterocycles. The lowest BCUT2D eigenvalue weighted by atomic mass is 10.00. The fourth-order valence-corrected chi connectivity index (χ4v) is 3.25. The number of rotatable bonds is 3. The summed E-state index contributed by atoms with van der Waals surface area (Å²) in [6.07, 6.45) is 2.00. The van der Waals surface area contributed by atoms with E-state index < -0.39 is 11.6 Å². The van der Waals surface area contributed by atoms with Crippen LogP contribution in [0.3, 0.4) is 0 Å². The molecule has 2 heterocycles. The lowest BCUT2D eigenvalue weighted by molar-refractivity contribution is 0.208. The van der Waals surface area contributed by atoms with E-state index in [9.17, 15) is 13.9 Å². The monoisotopic (exact) mass is 311 g/mol. The van der Waals surface area contributed by atoms with Crippen LogP contribution >= 0.6 is 11.5 Å². The third-order valence-electron chi connectivity index (χ3n) is 3.58. The summed E-state index contributed by atoms with van der Waals surface area (Å²) in [7, 11) is 0. The van der Waals surface area contributed by atoms with E-state index in [1.807, 2.05) is 0 Å². The Hall–Kier alpha value is -1.60. The summed E-state index contributed by atoms with van der Waals surface area (Å²) in [5.41, 5.74) is 0.339. The lowest BCUT2D eigenvalue weighted by Crippen LogP contribution is -2.36. The summed E-state index contributed by atoms with van der Waals surface area (Å²) < 4.78 is 30.7. The highest BCUT2D eigenvalue weighted by Gasteiger charge is 2.22. The zero-order valence-corrected chi connectivity index (χ0v) is 12.1. The van der Waals surface area contributed by atoms with E-state index in [1.165, 1.54) is 23.7 Å². The van der Waals surface area contributed by atoms with E-state index >= 15 is 0 Å². The molecule has 0 spiro atoms. The topological polar surface area (TPSA) is 49.2 Å². The van der Waals surface area contributed by atoms with Gasteiger partial charge in [-0.15, -0.1) is 0 Å². The van der Waals surface area contributed by atoms with E-state index in [4.69, 9.17) is 0 Å². The molecule has 1 N–H and O–H groups in total. The van der Waals surface area contributed by atoms with E-state index in [0.717, 1.165) is 37.1 Å². The summed E-state index contributed by atoms with van der Waals surface area (Å²) in [5, 5.41) is 9.99. The number of nitrogens with zero attached hydrogens (tertiary/aromatic N) is 3. The summed E-state index contributed by atoms with van der Waals surface area (Å²) in [5.74, 6) is -0.698. The van der Waals surface area contributed by atoms with Crippen molar-refractivity contribution in [1.82, 2.24) is 9.36 Å². The minimum atomic E-state index is -0.639. The van der Waals surface area contributed by atoms with Crippen molar-refractivity contribution in [3.63, 3.8) is 0 Å². The Morgan fingerprint density at radius 2 is 2.05 bits per heavy atom. The van der Waals surface area contributed by atoms with E-state index in [0.29, 0.717) is 11.4 Å². The number of benzene rings is 1. The number of hydrogen-bond donors (Lipinski definition) is 1. The molecule has 1 aromatic heterocycles. The average Bonchev–Trinajstić information content (AvgIpc) is 2.96. The molecule has 1 aliphatic rings. The first kappa shape index (κ1) is 14.3. The molecule has 1 atom stereocenters. The van der Waals surface area contributed by atoms with Gasteiger partial charge in [0.2, 0.25) is 5.13 Å². The fourth-order valence-electron chi connectivity index (χ4n) is 2.53. The highest BCUT2D eigenvalue weighted by molar-refractivity contribution is 7.09. The minimum absolute atomic E-state index is 0.164. The van der Waals surface area contributed by atoms with Crippen LogP contribution in [0.15, 0.2) is 18.2 Å². The second-order valence-corrected chi connectivity index (χ2v) is 5.93. The predicted molar refractivity (Wildman–Crippen MR) is 77.3 cm³/mol. The van der Waals surface area contributed by atoms with Crippen molar-refractivity contribution in [3.8, 4) is 11.4 Å². The van der Waals surface area contributed by atoms with E-state index in [2.05, 4.69) is 14.3 Å². The van der Waals surface area contributed by atoms with Crippen molar-refractivity contribution in [1.29, 1.82) is 0 Å². The smallest absolute Gasteiger partial charge is 0.205 e. The molecule has 0 saturated carbocycles. The van der Waals surface area contributed by atoms with Gasteiger partial charge in [0.1, 0.15) is 11.6 Å². The summed E-state index contributed by atoms with van der Waals surface area (Å²) in [6.45, 7) is 1.77. The van der Waals surface area contributed by atoms with E-state index in [1.54, 1.807) is 0 Å². The van der Waals surface area contributed by atoms with Crippen molar-refractivity contribution >= 4 is 16.7 Å². The van der Waals surface area contributed by atoms with Gasteiger partial charge in [0.15, 0.2) is 5.82 Å². The molecule has 0 amide bonds. The maximum Gasteiger partial charge on any atom is 0.205 e. The number of anilines is 1. The quantitative estimate of drug-likeness (QED) is 0.947. The normalized spacial score (nSPS) is 19.0. The highest BCUT2D eigenvalue weighted by Crippen LogP contribution is 2.28. The Balaban J connectivity index is 1.82. The van der Waals surface area contributed by atoms with Crippen molar-refractivity contribution in [2.75, 3.05) is 24.6 Å². The van der Waals surface area contributed by atoms with Gasteiger partial charge in [0, 0.05) is 42.9 Å². The molecular formula is C14H15F2N3OS. The molecule has 0 aliphatic carbocycles. The zero-order valence-electron chi connectivity index (χ0n) is 11.3. The molecule has 7 heteroatoms. The Morgan fingerprint density at radius 1 is 1.29 bits per heavy atom. The standard InChI is InChI=1S/C14H15F2N3OS/c15-11-4-10(5-12(16)6-11)13-17-14(21-18-13)19-3-1-2-9(7-19)8-20/h4-6,9,20H,1-3,7-8H2/t9-/m1/s1. The molecule has 1 saturated heterocycles. The number of aromatic nitrogens is 2. The van der Waals surface area contributed by atoms with Gasteiger partial charge in [-0.1, -0.05) is 0 Å². The van der Waals surface area contributed by atoms with Crippen LogP contribution in [-0.2, 0) is 0 Å². The summed E-state index contributed by atoms with van der Waals surface area (Å²) in [4.78, 5) is 6.44. The fraction of sp³-hybridized carbons (Fsp3) is 0.429. The first-order valence-corrected chi connectivity index (χ1v) is 7.59. The Kier molecular flexibility index (Phi) is 4.12. The summed E-state index contributed by atoms with van der Waals surface area (Å²) >= 11 is 1.21. The van der Waals surface area contributed by atoms with Crippen molar-refractivity contribution in [3.05, 3.63) is 29.8 Å². The van der Waals surface area contributed by atoms with Gasteiger partial charge in [-0.2, -0.15) is 9.36 Å². The molecule has 1 fully saturated rings. The number of piperidine rings is 1. The predicted octanol–water partition coefficient (Wildman–Crippen LogP) is 2.69. The maximum absolute atomic E-state index is 13.2. The molecule has 3 rings (SSSR count). The minimum Gasteiger partial charge on any atom is -0.396 e. The van der Waals surface area contributed by atoms with Crippen LogP contribution in [-0.4, -0.2) is 34.2 Å². The van der Waals surface area contributed by atoms with E-state index in [-0.39, 0.29) is 12.5 Å². The van der Waals surface area contributed by atoms with Crippen LogP contribution in [0.5, 0.6) is 0 Å². The highest BCUT2D eigenvalue weighted by atomic mass is 32.1. The van der Waals surface area contributed by atoms with Crippen LogP contribution in [0.2, 0.25) is 0 Å². The first-order valence-electron chi connectivity index (χ1n) is 6.81. The third kappa shape index (κ3) is 3.19. The molecule has 112 valence electrons. The molecule has 1 aromatic carbocycles. The molecule has 2 aromatic rings. The van der Waals surface area contributed by atoms with Crippen LogP contribution in [0.4, 0.5) is 13.9 Å².